The maximum Gasteiger partial charge on any atom is 0.321 e. The van der Waals surface area contributed by atoms with Crippen LogP contribution in [0.2, 0.25) is 0 Å². The minimum atomic E-state index is -0.796. The van der Waals surface area contributed by atoms with Gasteiger partial charge in [0.25, 0.3) is 0 Å². The third-order valence-corrected chi connectivity index (χ3v) is 3.94. The average molecular weight is 309 g/mol. The summed E-state index contributed by atoms with van der Waals surface area (Å²) in [5.41, 5.74) is -0.796. The van der Waals surface area contributed by atoms with E-state index in [2.05, 4.69) is 0 Å². The molecule has 0 N–H and O–H groups in total. The van der Waals surface area contributed by atoms with Crippen molar-refractivity contribution in [1.29, 1.82) is 0 Å². The van der Waals surface area contributed by atoms with E-state index in [-0.39, 0.29) is 17.8 Å². The monoisotopic (exact) mass is 309 g/mol. The Kier molecular flexibility index (Phi) is 2.45. The Labute approximate surface area is 96.5 Å². The fraction of sp³-hybridized carbons (Fsp3) is 0.778. The summed E-state index contributed by atoms with van der Waals surface area (Å²) in [6, 6.07) is 0. The maximum atomic E-state index is 11.8. The molecule has 0 aromatic rings. The second kappa shape index (κ2) is 3.36. The molecule has 0 aromatic heterocycles. The molecule has 1 amide bonds. The number of hydrogen-bond acceptors (Lipinski definition) is 3. The van der Waals surface area contributed by atoms with Crippen molar-refractivity contribution in [3.63, 3.8) is 0 Å². The Bertz CT molecular complexity index is 294. The number of rotatable bonds is 2. The number of fused-ring (bicyclic) bond motifs is 1. The van der Waals surface area contributed by atoms with E-state index >= 15 is 0 Å². The smallest absolute Gasteiger partial charge is 0.321 e. The van der Waals surface area contributed by atoms with Crippen LogP contribution in [0, 0.1) is 11.3 Å². The fourth-order valence-electron chi connectivity index (χ4n) is 2.12. The highest BCUT2D eigenvalue weighted by atomic mass is 127. The summed E-state index contributed by atoms with van der Waals surface area (Å²) in [4.78, 5) is 23.5. The molecular weight excluding hydrogens is 297 g/mol. The summed E-state index contributed by atoms with van der Waals surface area (Å²) in [6.45, 7) is 2.87. The first-order valence-electron chi connectivity index (χ1n) is 4.78. The van der Waals surface area contributed by atoms with Gasteiger partial charge >= 0.3 is 5.97 Å². The van der Waals surface area contributed by atoms with E-state index in [1.165, 1.54) is 0 Å². The van der Waals surface area contributed by atoms with E-state index in [0.29, 0.717) is 13.0 Å². The molecule has 2 aliphatic rings. The number of halogens is 1. The number of hydrogen-bond donors (Lipinski definition) is 0. The van der Waals surface area contributed by atoms with Gasteiger partial charge in [-0.3, -0.25) is 12.7 Å². The molecule has 1 aliphatic carbocycles. The van der Waals surface area contributed by atoms with Crippen LogP contribution in [-0.4, -0.2) is 28.1 Å². The average Bonchev–Trinajstić information content (AvgIpc) is 2.89. The van der Waals surface area contributed by atoms with E-state index in [9.17, 15) is 9.59 Å². The highest BCUT2D eigenvalue weighted by molar-refractivity contribution is 14.1. The number of ether oxygens (including phenoxy) is 1. The molecule has 0 radical (unpaired) electrons. The first-order chi connectivity index (χ1) is 6.63. The van der Waals surface area contributed by atoms with Crippen molar-refractivity contribution >= 4 is 34.7 Å². The number of carbonyl (C=O) groups excluding carboxylic acids is 2. The van der Waals surface area contributed by atoms with E-state index < -0.39 is 5.41 Å². The van der Waals surface area contributed by atoms with Crippen LogP contribution in [-0.2, 0) is 14.3 Å². The van der Waals surface area contributed by atoms with Crippen molar-refractivity contribution in [2.75, 3.05) is 13.2 Å². The van der Waals surface area contributed by atoms with Crippen LogP contribution in [0.15, 0.2) is 0 Å². The number of carbonyl (C=O) groups is 2. The topological polar surface area (TPSA) is 46.6 Å². The van der Waals surface area contributed by atoms with Crippen LogP contribution in [0.25, 0.3) is 0 Å². The summed E-state index contributed by atoms with van der Waals surface area (Å²) in [5.74, 6) is -0.149. The Hall–Kier alpha value is -0.330. The van der Waals surface area contributed by atoms with Gasteiger partial charge in [-0.25, -0.2) is 0 Å². The lowest BCUT2D eigenvalue weighted by Gasteiger charge is -2.25. The van der Waals surface area contributed by atoms with Gasteiger partial charge in [-0.1, -0.05) is 0 Å². The van der Waals surface area contributed by atoms with Crippen LogP contribution >= 0.6 is 22.9 Å². The highest BCUT2D eigenvalue weighted by Gasteiger charge is 2.69. The zero-order valence-electron chi connectivity index (χ0n) is 7.96. The quantitative estimate of drug-likeness (QED) is 0.333. The molecule has 5 heteroatoms. The first-order valence-corrected chi connectivity index (χ1v) is 5.74. The lowest BCUT2D eigenvalue weighted by Crippen LogP contribution is -2.41. The van der Waals surface area contributed by atoms with Crippen LogP contribution < -0.4 is 0 Å². The standard InChI is InChI=1S/C9H12INO3/c1-2-14-8(13)9-5-6(9)3-4-11(10)7(9)12/h6H,2-5H2,1H3. The molecule has 1 heterocycles. The lowest BCUT2D eigenvalue weighted by molar-refractivity contribution is -0.157. The van der Waals surface area contributed by atoms with Gasteiger partial charge in [0.15, 0.2) is 5.41 Å². The van der Waals surface area contributed by atoms with Crippen LogP contribution in [0.3, 0.4) is 0 Å². The molecule has 78 valence electrons. The van der Waals surface area contributed by atoms with E-state index in [4.69, 9.17) is 4.74 Å². The van der Waals surface area contributed by atoms with Crippen molar-refractivity contribution in [1.82, 2.24) is 3.11 Å². The number of piperidine rings is 1. The van der Waals surface area contributed by atoms with Crippen LogP contribution in [0.4, 0.5) is 0 Å². The predicted molar refractivity (Wildman–Crippen MR) is 57.5 cm³/mol. The van der Waals surface area contributed by atoms with Crippen LogP contribution in [0.1, 0.15) is 19.8 Å². The molecule has 2 unspecified atom stereocenters. The highest BCUT2D eigenvalue weighted by Crippen LogP contribution is 2.59. The van der Waals surface area contributed by atoms with Gasteiger partial charge in [0, 0.05) is 6.54 Å². The van der Waals surface area contributed by atoms with Gasteiger partial charge < -0.3 is 4.74 Å². The molecule has 1 saturated heterocycles. The minimum absolute atomic E-state index is 0.0622. The SMILES string of the molecule is CCOC(=O)C12CC1CCN(I)C2=O. The third kappa shape index (κ3) is 1.24. The zero-order chi connectivity index (χ0) is 10.3. The first kappa shape index (κ1) is 10.2. The molecule has 4 nitrogen and oxygen atoms in total. The van der Waals surface area contributed by atoms with E-state index in [1.54, 1.807) is 10.0 Å². The van der Waals surface area contributed by atoms with Crippen LogP contribution in [0.5, 0.6) is 0 Å². The van der Waals surface area contributed by atoms with Gasteiger partial charge in [0.05, 0.1) is 29.5 Å². The number of esters is 1. The second-order valence-corrected chi connectivity index (χ2v) is 4.94. The van der Waals surface area contributed by atoms with Crippen molar-refractivity contribution < 1.29 is 14.3 Å². The Morgan fingerprint density at radius 3 is 3.14 bits per heavy atom. The summed E-state index contributed by atoms with van der Waals surface area (Å²) in [5, 5.41) is 0. The zero-order valence-corrected chi connectivity index (χ0v) is 10.1. The van der Waals surface area contributed by atoms with Gasteiger partial charge in [0.2, 0.25) is 5.91 Å². The number of nitrogens with zero attached hydrogens (tertiary/aromatic N) is 1. The van der Waals surface area contributed by atoms with Crippen molar-refractivity contribution in [2.24, 2.45) is 11.3 Å². The molecule has 0 aromatic carbocycles. The van der Waals surface area contributed by atoms with Crippen molar-refractivity contribution in [2.45, 2.75) is 19.8 Å². The normalized spacial score (nSPS) is 35.1. The molecule has 0 bridgehead atoms. The lowest BCUT2D eigenvalue weighted by atomic mass is 9.98. The Balaban J connectivity index is 2.17. The fourth-order valence-corrected chi connectivity index (χ4v) is 2.83. The third-order valence-electron chi connectivity index (χ3n) is 3.02. The van der Waals surface area contributed by atoms with Gasteiger partial charge in [-0.05, 0) is 25.7 Å². The Morgan fingerprint density at radius 1 is 1.79 bits per heavy atom. The van der Waals surface area contributed by atoms with Gasteiger partial charge in [-0.2, -0.15) is 0 Å². The van der Waals surface area contributed by atoms with Crippen molar-refractivity contribution in [3.05, 3.63) is 0 Å². The van der Waals surface area contributed by atoms with Gasteiger partial charge in [-0.15, -0.1) is 0 Å². The molecular formula is C9H12INO3. The van der Waals surface area contributed by atoms with Gasteiger partial charge in [0.1, 0.15) is 0 Å². The van der Waals surface area contributed by atoms with E-state index in [0.717, 1.165) is 13.0 Å². The summed E-state index contributed by atoms with van der Waals surface area (Å²) >= 11 is 1.97. The summed E-state index contributed by atoms with van der Waals surface area (Å²) in [7, 11) is 0. The molecule has 1 aliphatic heterocycles. The van der Waals surface area contributed by atoms with E-state index in [1.807, 2.05) is 22.9 Å². The Morgan fingerprint density at radius 2 is 2.50 bits per heavy atom. The summed E-state index contributed by atoms with van der Waals surface area (Å²) < 4.78 is 6.56. The number of amides is 1. The molecule has 1 saturated carbocycles. The maximum absolute atomic E-state index is 11.8. The minimum Gasteiger partial charge on any atom is -0.465 e. The second-order valence-electron chi connectivity index (χ2n) is 3.77. The van der Waals surface area contributed by atoms with Crippen molar-refractivity contribution in [3.8, 4) is 0 Å². The summed E-state index contributed by atoms with van der Waals surface area (Å²) in [6.07, 6.45) is 1.61. The molecule has 2 atom stereocenters. The molecule has 2 fully saturated rings. The molecule has 14 heavy (non-hydrogen) atoms. The molecule has 2 rings (SSSR count). The largest absolute Gasteiger partial charge is 0.465 e. The predicted octanol–water partition coefficient (Wildman–Crippen LogP) is 1.14. The molecule has 0 spiro atoms.